The molecule has 1 N–H and O–H groups in total. The van der Waals surface area contributed by atoms with Crippen LogP contribution in [0.25, 0.3) is 0 Å². The zero-order valence-corrected chi connectivity index (χ0v) is 11.2. The highest BCUT2D eigenvalue weighted by atomic mass is 16.7. The van der Waals surface area contributed by atoms with Gasteiger partial charge in [-0.25, -0.2) is 0 Å². The monoisotopic (exact) mass is 264 g/mol. The first-order valence-corrected chi connectivity index (χ1v) is 6.84. The van der Waals surface area contributed by atoms with Gasteiger partial charge in [0.15, 0.2) is 12.6 Å². The number of aryl methyl sites for hydroxylation is 1. The minimum absolute atomic E-state index is 0.0411. The van der Waals surface area contributed by atoms with Gasteiger partial charge in [0.1, 0.15) is 11.5 Å². The number of hydrogen-bond donors (Lipinski definition) is 1. The van der Waals surface area contributed by atoms with Crippen molar-refractivity contribution >= 4 is 6.29 Å². The van der Waals surface area contributed by atoms with E-state index >= 15 is 0 Å². The van der Waals surface area contributed by atoms with E-state index in [0.29, 0.717) is 24.2 Å². The lowest BCUT2D eigenvalue weighted by atomic mass is 10.0. The van der Waals surface area contributed by atoms with E-state index < -0.39 is 0 Å². The van der Waals surface area contributed by atoms with Crippen molar-refractivity contribution in [2.45, 2.75) is 45.3 Å². The molecule has 0 radical (unpaired) electrons. The summed E-state index contributed by atoms with van der Waals surface area (Å²) >= 11 is 0. The van der Waals surface area contributed by atoms with Crippen molar-refractivity contribution < 1.29 is 19.4 Å². The number of rotatable bonds is 5. The molecule has 1 fully saturated rings. The molecule has 19 heavy (non-hydrogen) atoms. The summed E-state index contributed by atoms with van der Waals surface area (Å²) in [5, 5.41) is 9.76. The van der Waals surface area contributed by atoms with Gasteiger partial charge in [0.05, 0.1) is 12.2 Å². The Labute approximate surface area is 113 Å². The molecule has 104 valence electrons. The summed E-state index contributed by atoms with van der Waals surface area (Å²) in [4.78, 5) is 10.9. The topological polar surface area (TPSA) is 55.8 Å². The van der Waals surface area contributed by atoms with E-state index in [2.05, 4.69) is 6.92 Å². The summed E-state index contributed by atoms with van der Waals surface area (Å²) in [6, 6.07) is 3.22. The third-order valence-electron chi connectivity index (χ3n) is 3.25. The van der Waals surface area contributed by atoms with Gasteiger partial charge in [-0.05, 0) is 30.9 Å². The molecule has 1 aliphatic heterocycles. The van der Waals surface area contributed by atoms with Crippen molar-refractivity contribution in [2.75, 3.05) is 6.61 Å². The van der Waals surface area contributed by atoms with Crippen LogP contribution in [0.4, 0.5) is 0 Å². The summed E-state index contributed by atoms with van der Waals surface area (Å²) in [7, 11) is 0. The van der Waals surface area contributed by atoms with E-state index in [-0.39, 0.29) is 12.0 Å². The Hall–Kier alpha value is -1.55. The SMILES string of the molecule is CCCc1cc(C=O)c(O)cc1O[C@H]1CCCCO1. The zero-order chi connectivity index (χ0) is 13.7. The second-order valence-electron chi connectivity index (χ2n) is 4.80. The standard InChI is InChI=1S/C15H20O4/c1-2-5-11-8-12(10-16)13(17)9-14(11)19-15-6-3-4-7-18-15/h8-10,15,17H,2-7H2,1H3/t15-/m0/s1. The lowest BCUT2D eigenvalue weighted by Gasteiger charge is -2.25. The normalized spacial score (nSPS) is 19.1. The smallest absolute Gasteiger partial charge is 0.199 e. The second kappa shape index (κ2) is 6.57. The minimum Gasteiger partial charge on any atom is -0.507 e. The second-order valence-corrected chi connectivity index (χ2v) is 4.80. The molecule has 0 aliphatic carbocycles. The van der Waals surface area contributed by atoms with E-state index in [9.17, 15) is 9.90 Å². The highest BCUT2D eigenvalue weighted by molar-refractivity contribution is 5.80. The average molecular weight is 264 g/mol. The Morgan fingerprint density at radius 2 is 2.32 bits per heavy atom. The van der Waals surface area contributed by atoms with Gasteiger partial charge in [-0.15, -0.1) is 0 Å². The molecule has 0 amide bonds. The number of phenols is 1. The van der Waals surface area contributed by atoms with Crippen LogP contribution in [0.15, 0.2) is 12.1 Å². The summed E-state index contributed by atoms with van der Waals surface area (Å²) in [6.45, 7) is 2.78. The lowest BCUT2D eigenvalue weighted by molar-refractivity contribution is -0.106. The molecule has 1 aromatic rings. The molecular formula is C15H20O4. The maximum absolute atomic E-state index is 10.9. The first-order chi connectivity index (χ1) is 9.24. The fourth-order valence-corrected chi connectivity index (χ4v) is 2.25. The molecular weight excluding hydrogens is 244 g/mol. The Morgan fingerprint density at radius 3 is 2.95 bits per heavy atom. The zero-order valence-electron chi connectivity index (χ0n) is 11.2. The molecule has 4 nitrogen and oxygen atoms in total. The number of aldehydes is 1. The largest absolute Gasteiger partial charge is 0.507 e. The third kappa shape index (κ3) is 3.47. The van der Waals surface area contributed by atoms with E-state index in [0.717, 1.165) is 37.7 Å². The van der Waals surface area contributed by atoms with Crippen molar-refractivity contribution in [2.24, 2.45) is 0 Å². The van der Waals surface area contributed by atoms with Crippen LogP contribution >= 0.6 is 0 Å². The Balaban J connectivity index is 2.21. The Bertz CT molecular complexity index is 436. The Morgan fingerprint density at radius 1 is 1.47 bits per heavy atom. The maximum atomic E-state index is 10.9. The molecule has 1 heterocycles. The minimum atomic E-state index is -0.245. The molecule has 4 heteroatoms. The van der Waals surface area contributed by atoms with Crippen LogP contribution in [0.1, 0.15) is 48.5 Å². The predicted octanol–water partition coefficient (Wildman–Crippen LogP) is 3.06. The van der Waals surface area contributed by atoms with Gasteiger partial charge >= 0.3 is 0 Å². The van der Waals surface area contributed by atoms with Gasteiger partial charge in [0, 0.05) is 12.5 Å². The van der Waals surface area contributed by atoms with Crippen LogP contribution in [0.2, 0.25) is 0 Å². The molecule has 2 rings (SSSR count). The van der Waals surface area contributed by atoms with Gasteiger partial charge in [0.2, 0.25) is 0 Å². The van der Waals surface area contributed by atoms with Gasteiger partial charge in [-0.2, -0.15) is 0 Å². The van der Waals surface area contributed by atoms with Crippen LogP contribution in [-0.2, 0) is 11.2 Å². The molecule has 1 saturated heterocycles. The fourth-order valence-electron chi connectivity index (χ4n) is 2.25. The summed E-state index contributed by atoms with van der Waals surface area (Å²) in [5.74, 6) is 0.581. The quantitative estimate of drug-likeness (QED) is 0.830. The molecule has 0 spiro atoms. The van der Waals surface area contributed by atoms with Crippen LogP contribution < -0.4 is 4.74 Å². The lowest BCUT2D eigenvalue weighted by Crippen LogP contribution is -2.25. The summed E-state index contributed by atoms with van der Waals surface area (Å²) in [5.41, 5.74) is 1.25. The van der Waals surface area contributed by atoms with Crippen LogP contribution in [0.5, 0.6) is 11.5 Å². The third-order valence-corrected chi connectivity index (χ3v) is 3.25. The van der Waals surface area contributed by atoms with Crippen LogP contribution in [0, 0.1) is 0 Å². The van der Waals surface area contributed by atoms with Gasteiger partial charge in [-0.1, -0.05) is 13.3 Å². The predicted molar refractivity (Wildman–Crippen MR) is 71.7 cm³/mol. The van der Waals surface area contributed by atoms with E-state index in [1.807, 2.05) is 0 Å². The van der Waals surface area contributed by atoms with E-state index in [4.69, 9.17) is 9.47 Å². The number of hydrogen-bond acceptors (Lipinski definition) is 4. The fraction of sp³-hybridized carbons (Fsp3) is 0.533. The maximum Gasteiger partial charge on any atom is 0.199 e. The number of carbonyl (C=O) groups excluding carboxylic acids is 1. The van der Waals surface area contributed by atoms with Crippen molar-refractivity contribution in [1.82, 2.24) is 0 Å². The molecule has 1 atom stereocenters. The van der Waals surface area contributed by atoms with Crippen molar-refractivity contribution in [3.05, 3.63) is 23.3 Å². The van der Waals surface area contributed by atoms with Gasteiger partial charge in [-0.3, -0.25) is 4.79 Å². The van der Waals surface area contributed by atoms with Crippen LogP contribution in [0.3, 0.4) is 0 Å². The number of benzene rings is 1. The molecule has 1 aromatic carbocycles. The molecule has 0 unspecified atom stereocenters. The number of phenolic OH excluding ortho intramolecular Hbond substituents is 1. The molecule has 1 aliphatic rings. The van der Waals surface area contributed by atoms with E-state index in [1.54, 1.807) is 6.07 Å². The highest BCUT2D eigenvalue weighted by Crippen LogP contribution is 2.30. The molecule has 0 aromatic heterocycles. The molecule has 0 bridgehead atoms. The Kier molecular flexibility index (Phi) is 4.80. The number of carbonyl (C=O) groups is 1. The van der Waals surface area contributed by atoms with Gasteiger partial charge in [0.25, 0.3) is 0 Å². The average Bonchev–Trinajstić information content (AvgIpc) is 2.43. The van der Waals surface area contributed by atoms with E-state index in [1.165, 1.54) is 6.07 Å². The number of aromatic hydroxyl groups is 1. The van der Waals surface area contributed by atoms with Gasteiger partial charge < -0.3 is 14.6 Å². The van der Waals surface area contributed by atoms with Crippen LogP contribution in [-0.4, -0.2) is 24.3 Å². The van der Waals surface area contributed by atoms with Crippen molar-refractivity contribution in [1.29, 1.82) is 0 Å². The van der Waals surface area contributed by atoms with Crippen molar-refractivity contribution in [3.8, 4) is 11.5 Å². The summed E-state index contributed by atoms with van der Waals surface area (Å²) < 4.78 is 11.4. The van der Waals surface area contributed by atoms with Crippen molar-refractivity contribution in [3.63, 3.8) is 0 Å². The highest BCUT2D eigenvalue weighted by Gasteiger charge is 2.18. The molecule has 0 saturated carbocycles. The number of ether oxygens (including phenoxy) is 2. The summed E-state index contributed by atoms with van der Waals surface area (Å²) in [6.07, 6.45) is 5.19. The first kappa shape index (κ1) is 13.9. The first-order valence-electron chi connectivity index (χ1n) is 6.84.